The molecule has 1 N–H and O–H groups in total. The Balaban J connectivity index is 1.32. The van der Waals surface area contributed by atoms with Crippen LogP contribution in [0.15, 0.2) is 66.6 Å². The van der Waals surface area contributed by atoms with Crippen molar-refractivity contribution >= 4 is 45.6 Å². The second-order valence-corrected chi connectivity index (χ2v) is 12.3. The Hall–Kier alpha value is -4.21. The van der Waals surface area contributed by atoms with Gasteiger partial charge in [-0.3, -0.25) is 14.9 Å². The minimum atomic E-state index is -0.316. The molecule has 2 saturated heterocycles. The molecule has 4 aliphatic rings. The maximum Gasteiger partial charge on any atom is 0.246 e. The predicted molar refractivity (Wildman–Crippen MR) is 168 cm³/mol. The number of amidine groups is 1. The molecule has 5 heterocycles. The number of ether oxygens (including phenoxy) is 1. The number of halogens is 1. The molecule has 9 nitrogen and oxygen atoms in total. The molecule has 3 fully saturated rings. The van der Waals surface area contributed by atoms with Gasteiger partial charge in [0.1, 0.15) is 5.84 Å². The summed E-state index contributed by atoms with van der Waals surface area (Å²) in [5.41, 5.74) is 8.35. The third-order valence-corrected chi connectivity index (χ3v) is 9.44. The number of H-pyrrole nitrogens is 1. The first kappa shape index (κ1) is 26.4. The number of hydrogen-bond donors (Lipinski definition) is 1. The van der Waals surface area contributed by atoms with Crippen LogP contribution in [0.25, 0.3) is 22.0 Å². The molecule has 3 aliphatic heterocycles. The third kappa shape index (κ3) is 4.33. The Labute approximate surface area is 254 Å². The number of epoxide rings is 1. The first-order chi connectivity index (χ1) is 20.9. The monoisotopic (exact) mass is 593 g/mol. The number of aromatic nitrogens is 3. The van der Waals surface area contributed by atoms with Crippen molar-refractivity contribution in [1.82, 2.24) is 25.0 Å². The van der Waals surface area contributed by atoms with E-state index < -0.39 is 0 Å². The van der Waals surface area contributed by atoms with E-state index in [9.17, 15) is 4.79 Å². The lowest BCUT2D eigenvalue weighted by Gasteiger charge is -2.41. The highest BCUT2D eigenvalue weighted by Gasteiger charge is 2.50. The lowest BCUT2D eigenvalue weighted by Crippen LogP contribution is -2.55. The maximum atomic E-state index is 12.4. The molecule has 0 spiro atoms. The standard InChI is InChI=1S/C33H32ClN7O2/c1-4-29(42)39-11-12-40(19(3)17-39)31-22-13-25(34)21(30-18(2)5-8-26-24(30)16-36-38-26)14-28(22)41(33-32(37-31)43-33)27-9-10-35-15-23(27)20-6-7-20/h4-5,8-10,13-16,19-20,32-33H,1,6-7,11-12,17H2,2-3H3,(H,36,38)/t19-,32?,33?/m0/s1. The second kappa shape index (κ2) is 9.92. The third-order valence-electron chi connectivity index (χ3n) is 9.13. The molecule has 218 valence electrons. The van der Waals surface area contributed by atoms with Crippen LogP contribution in [0.5, 0.6) is 0 Å². The number of anilines is 2. The highest BCUT2D eigenvalue weighted by Crippen LogP contribution is 2.51. The second-order valence-electron chi connectivity index (χ2n) is 11.9. The van der Waals surface area contributed by atoms with E-state index in [2.05, 4.69) is 75.7 Å². The number of nitrogens with one attached hydrogen (secondary N) is 1. The van der Waals surface area contributed by atoms with E-state index in [4.69, 9.17) is 21.3 Å². The molecule has 1 amide bonds. The number of carbonyl (C=O) groups excluding carboxylic acids is 1. The fourth-order valence-corrected chi connectivity index (χ4v) is 7.01. The first-order valence-electron chi connectivity index (χ1n) is 14.8. The minimum absolute atomic E-state index is 0.0383. The van der Waals surface area contributed by atoms with Crippen LogP contribution in [0.3, 0.4) is 0 Å². The van der Waals surface area contributed by atoms with Gasteiger partial charge >= 0.3 is 0 Å². The van der Waals surface area contributed by atoms with Crippen molar-refractivity contribution in [3.63, 3.8) is 0 Å². The number of aliphatic imine (C=N–C) groups is 1. The topological polar surface area (TPSA) is 93.3 Å². The summed E-state index contributed by atoms with van der Waals surface area (Å²) in [6.45, 7) is 9.73. The molecule has 1 saturated carbocycles. The summed E-state index contributed by atoms with van der Waals surface area (Å²) < 4.78 is 6.29. The summed E-state index contributed by atoms with van der Waals surface area (Å²) in [4.78, 5) is 28.5. The summed E-state index contributed by atoms with van der Waals surface area (Å²) in [6.07, 6.45) is 8.88. The zero-order valence-electron chi connectivity index (χ0n) is 24.1. The molecule has 2 aromatic carbocycles. The number of amides is 1. The summed E-state index contributed by atoms with van der Waals surface area (Å²) in [5.74, 6) is 1.29. The van der Waals surface area contributed by atoms with Crippen molar-refractivity contribution in [2.45, 2.75) is 51.1 Å². The van der Waals surface area contributed by atoms with Crippen LogP contribution in [-0.4, -0.2) is 74.9 Å². The lowest BCUT2D eigenvalue weighted by molar-refractivity contribution is -0.128. The minimum Gasteiger partial charge on any atom is -0.350 e. The number of aromatic amines is 1. The van der Waals surface area contributed by atoms with Gasteiger partial charge in [0.15, 0.2) is 12.5 Å². The number of pyridine rings is 1. The van der Waals surface area contributed by atoms with Crippen molar-refractivity contribution in [3.8, 4) is 11.1 Å². The summed E-state index contributed by atoms with van der Waals surface area (Å²) in [6, 6.07) is 10.5. The first-order valence-corrected chi connectivity index (χ1v) is 15.2. The van der Waals surface area contributed by atoms with E-state index >= 15 is 0 Å². The van der Waals surface area contributed by atoms with Gasteiger partial charge < -0.3 is 19.4 Å². The van der Waals surface area contributed by atoms with E-state index in [1.54, 1.807) is 0 Å². The van der Waals surface area contributed by atoms with Gasteiger partial charge in [0.05, 0.1) is 23.1 Å². The van der Waals surface area contributed by atoms with Crippen LogP contribution in [0.1, 0.15) is 42.4 Å². The molecule has 1 aliphatic carbocycles. The highest BCUT2D eigenvalue weighted by molar-refractivity contribution is 6.34. The van der Waals surface area contributed by atoms with Gasteiger partial charge in [-0.05, 0) is 79.6 Å². The Kier molecular flexibility index (Phi) is 6.10. The van der Waals surface area contributed by atoms with Crippen LogP contribution in [0, 0.1) is 6.92 Å². The van der Waals surface area contributed by atoms with Crippen molar-refractivity contribution in [1.29, 1.82) is 0 Å². The van der Waals surface area contributed by atoms with Crippen molar-refractivity contribution in [3.05, 3.63) is 83.3 Å². The van der Waals surface area contributed by atoms with Gasteiger partial charge in [0.25, 0.3) is 0 Å². The van der Waals surface area contributed by atoms with Gasteiger partial charge in [0.2, 0.25) is 5.91 Å². The zero-order valence-corrected chi connectivity index (χ0v) is 24.9. The van der Waals surface area contributed by atoms with Gasteiger partial charge in [-0.2, -0.15) is 5.10 Å². The number of benzene rings is 2. The van der Waals surface area contributed by atoms with Gasteiger partial charge in [-0.15, -0.1) is 0 Å². The summed E-state index contributed by atoms with van der Waals surface area (Å²) >= 11 is 7.22. The molecule has 0 radical (unpaired) electrons. The van der Waals surface area contributed by atoms with E-state index in [0.29, 0.717) is 30.6 Å². The van der Waals surface area contributed by atoms with Crippen molar-refractivity contribution in [2.24, 2.45) is 4.99 Å². The van der Waals surface area contributed by atoms with Crippen molar-refractivity contribution < 1.29 is 9.53 Å². The number of carbonyl (C=O) groups is 1. The number of rotatable bonds is 4. The number of aryl methyl sites for hydroxylation is 1. The quantitative estimate of drug-likeness (QED) is 0.239. The normalized spacial score (nSPS) is 23.0. The SMILES string of the molecule is C=CC(=O)N1CCN(C2=NC3OC3N(c3ccncc3C3CC3)c3cc(-c4c(C)ccc5[nH]ncc45)c(Cl)cc32)[C@@H](C)C1. The molecule has 2 unspecified atom stereocenters. The number of fused-ring (bicyclic) bond motifs is 3. The summed E-state index contributed by atoms with van der Waals surface area (Å²) in [5, 5.41) is 9.09. The van der Waals surface area contributed by atoms with E-state index in [1.807, 2.05) is 23.5 Å². The average Bonchev–Trinajstić information content (AvgIpc) is 3.94. The molecule has 43 heavy (non-hydrogen) atoms. The molecular formula is C33H32ClN7O2. The Morgan fingerprint density at radius 3 is 2.79 bits per heavy atom. The van der Waals surface area contributed by atoms with Crippen LogP contribution in [0.2, 0.25) is 5.02 Å². The van der Waals surface area contributed by atoms with E-state index in [1.165, 1.54) is 11.6 Å². The Morgan fingerprint density at radius 2 is 2.00 bits per heavy atom. The molecule has 8 rings (SSSR count). The fourth-order valence-electron chi connectivity index (χ4n) is 6.75. The van der Waals surface area contributed by atoms with Crippen LogP contribution >= 0.6 is 11.6 Å². The zero-order chi connectivity index (χ0) is 29.4. The van der Waals surface area contributed by atoms with E-state index in [-0.39, 0.29) is 24.4 Å². The smallest absolute Gasteiger partial charge is 0.246 e. The molecule has 0 bridgehead atoms. The fraction of sp³-hybridized carbons (Fsp3) is 0.333. The molecular weight excluding hydrogens is 562 g/mol. The largest absolute Gasteiger partial charge is 0.350 e. The molecule has 3 atom stereocenters. The van der Waals surface area contributed by atoms with Gasteiger partial charge in [0, 0.05) is 59.6 Å². The van der Waals surface area contributed by atoms with Crippen molar-refractivity contribution in [2.75, 3.05) is 24.5 Å². The lowest BCUT2D eigenvalue weighted by atomic mass is 9.94. The number of nitrogens with zero attached hydrogens (tertiary/aromatic N) is 6. The highest BCUT2D eigenvalue weighted by atomic mass is 35.5. The molecule has 10 heteroatoms. The van der Waals surface area contributed by atoms with Crippen LogP contribution < -0.4 is 4.90 Å². The van der Waals surface area contributed by atoms with Gasteiger partial charge in [-0.1, -0.05) is 24.2 Å². The van der Waals surface area contributed by atoms with Crippen LogP contribution in [0.4, 0.5) is 11.4 Å². The summed E-state index contributed by atoms with van der Waals surface area (Å²) in [7, 11) is 0. The Bertz CT molecular complexity index is 1830. The molecule has 4 aromatic rings. The predicted octanol–water partition coefficient (Wildman–Crippen LogP) is 5.76. The van der Waals surface area contributed by atoms with Crippen LogP contribution in [-0.2, 0) is 9.53 Å². The van der Waals surface area contributed by atoms with E-state index in [0.717, 1.165) is 63.2 Å². The number of hydrogen-bond acceptors (Lipinski definition) is 7. The molecule has 2 aromatic heterocycles. The number of piperazine rings is 1. The Morgan fingerprint density at radius 1 is 1.14 bits per heavy atom. The van der Waals surface area contributed by atoms with Gasteiger partial charge in [-0.25, -0.2) is 4.99 Å². The maximum absolute atomic E-state index is 12.4. The average molecular weight is 594 g/mol.